The normalized spacial score (nSPS) is 20.3. The molecule has 106 valence electrons. The van der Waals surface area contributed by atoms with Crippen LogP contribution in [0.5, 0.6) is 5.75 Å². The molecular weight excluding hydrogens is 234 g/mol. The number of nitrogens with one attached hydrogen (secondary N) is 1. The summed E-state index contributed by atoms with van der Waals surface area (Å²) in [6, 6.07) is 6.67. The monoisotopic (exact) mass is 261 g/mol. The molecule has 2 heteroatoms. The smallest absolute Gasteiger partial charge is 0.122 e. The first kappa shape index (κ1) is 14.4. The molecule has 0 bridgehead atoms. The van der Waals surface area contributed by atoms with Gasteiger partial charge in [0.25, 0.3) is 0 Å². The van der Waals surface area contributed by atoms with Gasteiger partial charge in [0.15, 0.2) is 0 Å². The van der Waals surface area contributed by atoms with Crippen LogP contribution >= 0.6 is 0 Å². The highest BCUT2D eigenvalue weighted by Gasteiger charge is 2.19. The fourth-order valence-electron chi connectivity index (χ4n) is 2.81. The third-order valence-electron chi connectivity index (χ3n) is 4.05. The molecule has 1 aliphatic heterocycles. The van der Waals surface area contributed by atoms with Crippen molar-refractivity contribution in [2.75, 3.05) is 20.2 Å². The van der Waals surface area contributed by atoms with E-state index in [0.29, 0.717) is 0 Å². The molecule has 19 heavy (non-hydrogen) atoms. The molecule has 1 unspecified atom stereocenters. The zero-order valence-electron chi connectivity index (χ0n) is 12.8. The maximum atomic E-state index is 5.53. The van der Waals surface area contributed by atoms with Crippen molar-refractivity contribution in [1.82, 2.24) is 5.32 Å². The summed E-state index contributed by atoms with van der Waals surface area (Å²) in [7, 11) is 1.77. The Bertz CT molecular complexity index is 414. The van der Waals surface area contributed by atoms with Crippen molar-refractivity contribution in [3.05, 3.63) is 29.3 Å². The predicted octanol–water partition coefficient (Wildman–Crippen LogP) is 3.53. The van der Waals surface area contributed by atoms with Gasteiger partial charge < -0.3 is 10.1 Å². The Morgan fingerprint density at radius 2 is 2.11 bits per heavy atom. The maximum Gasteiger partial charge on any atom is 0.122 e. The van der Waals surface area contributed by atoms with Gasteiger partial charge in [-0.25, -0.2) is 0 Å². The van der Waals surface area contributed by atoms with Crippen molar-refractivity contribution in [1.29, 1.82) is 0 Å². The lowest BCUT2D eigenvalue weighted by Gasteiger charge is -2.25. The predicted molar refractivity (Wildman–Crippen MR) is 81.0 cm³/mol. The highest BCUT2D eigenvalue weighted by atomic mass is 16.5. The van der Waals surface area contributed by atoms with E-state index in [9.17, 15) is 0 Å². The number of piperidine rings is 1. The fourth-order valence-corrected chi connectivity index (χ4v) is 2.81. The van der Waals surface area contributed by atoms with Crippen molar-refractivity contribution in [3.8, 4) is 5.75 Å². The average molecular weight is 261 g/mol. The zero-order valence-corrected chi connectivity index (χ0v) is 12.8. The van der Waals surface area contributed by atoms with Crippen molar-refractivity contribution in [3.63, 3.8) is 0 Å². The van der Waals surface area contributed by atoms with Gasteiger partial charge in [-0.2, -0.15) is 0 Å². The number of rotatable bonds is 3. The molecular formula is C17H27NO. The van der Waals surface area contributed by atoms with Crippen LogP contribution in [0, 0.1) is 5.92 Å². The molecule has 0 radical (unpaired) electrons. The van der Waals surface area contributed by atoms with Gasteiger partial charge in [-0.3, -0.25) is 0 Å². The summed E-state index contributed by atoms with van der Waals surface area (Å²) < 4.78 is 5.53. The van der Waals surface area contributed by atoms with Crippen LogP contribution in [-0.2, 0) is 11.8 Å². The minimum absolute atomic E-state index is 0.200. The molecule has 0 spiro atoms. The van der Waals surface area contributed by atoms with E-state index in [-0.39, 0.29) is 5.41 Å². The molecule has 1 aromatic carbocycles. The first-order valence-corrected chi connectivity index (χ1v) is 7.39. The van der Waals surface area contributed by atoms with Crippen LogP contribution in [0.1, 0.15) is 44.7 Å². The lowest BCUT2D eigenvalue weighted by atomic mass is 9.84. The van der Waals surface area contributed by atoms with Crippen LogP contribution in [-0.4, -0.2) is 20.2 Å². The Balaban J connectivity index is 2.20. The quantitative estimate of drug-likeness (QED) is 0.898. The lowest BCUT2D eigenvalue weighted by Crippen LogP contribution is -2.31. The topological polar surface area (TPSA) is 21.3 Å². The van der Waals surface area contributed by atoms with Crippen molar-refractivity contribution in [2.45, 2.75) is 45.4 Å². The van der Waals surface area contributed by atoms with Gasteiger partial charge in [0.1, 0.15) is 5.75 Å². The van der Waals surface area contributed by atoms with Crippen molar-refractivity contribution in [2.24, 2.45) is 5.92 Å². The van der Waals surface area contributed by atoms with E-state index in [1.165, 1.54) is 30.5 Å². The molecule has 1 heterocycles. The summed E-state index contributed by atoms with van der Waals surface area (Å²) in [6.07, 6.45) is 3.75. The number of ether oxygens (including phenoxy) is 1. The molecule has 1 N–H and O–H groups in total. The lowest BCUT2D eigenvalue weighted by molar-refractivity contribution is 0.363. The summed E-state index contributed by atoms with van der Waals surface area (Å²) in [6.45, 7) is 9.11. The van der Waals surface area contributed by atoms with E-state index in [4.69, 9.17) is 4.74 Å². The van der Waals surface area contributed by atoms with Crippen LogP contribution < -0.4 is 10.1 Å². The largest absolute Gasteiger partial charge is 0.496 e. The second kappa shape index (κ2) is 5.96. The van der Waals surface area contributed by atoms with Crippen LogP contribution in [0.15, 0.2) is 18.2 Å². The van der Waals surface area contributed by atoms with Gasteiger partial charge in [0, 0.05) is 0 Å². The van der Waals surface area contributed by atoms with Crippen molar-refractivity contribution < 1.29 is 4.74 Å². The summed E-state index contributed by atoms with van der Waals surface area (Å²) in [5.41, 5.74) is 2.96. The maximum absolute atomic E-state index is 5.53. The molecule has 1 atom stereocenters. The molecule has 1 aromatic rings. The van der Waals surface area contributed by atoms with Crippen LogP contribution in [0.25, 0.3) is 0 Å². The van der Waals surface area contributed by atoms with Crippen molar-refractivity contribution >= 4 is 0 Å². The number of hydrogen-bond acceptors (Lipinski definition) is 2. The number of benzene rings is 1. The molecule has 0 saturated carbocycles. The van der Waals surface area contributed by atoms with E-state index >= 15 is 0 Å². The third-order valence-corrected chi connectivity index (χ3v) is 4.05. The Morgan fingerprint density at radius 1 is 1.32 bits per heavy atom. The van der Waals surface area contributed by atoms with Gasteiger partial charge in [-0.05, 0) is 60.9 Å². The Hall–Kier alpha value is -1.02. The first-order valence-electron chi connectivity index (χ1n) is 7.39. The third kappa shape index (κ3) is 3.73. The number of methoxy groups -OCH3 is 1. The number of hydrogen-bond donors (Lipinski definition) is 1. The van der Waals surface area contributed by atoms with Crippen LogP contribution in [0.4, 0.5) is 0 Å². The molecule has 0 amide bonds. The van der Waals surface area contributed by atoms with E-state index in [1.54, 1.807) is 7.11 Å². The van der Waals surface area contributed by atoms with Crippen LogP contribution in [0.2, 0.25) is 0 Å². The Kier molecular flexibility index (Phi) is 4.51. The summed E-state index contributed by atoms with van der Waals surface area (Å²) in [5.74, 6) is 1.79. The Morgan fingerprint density at radius 3 is 2.68 bits per heavy atom. The van der Waals surface area contributed by atoms with E-state index in [0.717, 1.165) is 24.6 Å². The second-order valence-electron chi connectivity index (χ2n) is 6.69. The van der Waals surface area contributed by atoms with Gasteiger partial charge in [0.2, 0.25) is 0 Å². The molecule has 1 fully saturated rings. The van der Waals surface area contributed by atoms with Gasteiger partial charge in [0.05, 0.1) is 7.11 Å². The van der Waals surface area contributed by atoms with Crippen LogP contribution in [0.3, 0.4) is 0 Å². The van der Waals surface area contributed by atoms with Gasteiger partial charge in [-0.1, -0.05) is 32.9 Å². The van der Waals surface area contributed by atoms with E-state index in [2.05, 4.69) is 44.3 Å². The van der Waals surface area contributed by atoms with E-state index in [1.807, 2.05) is 0 Å². The molecule has 0 aromatic heterocycles. The highest BCUT2D eigenvalue weighted by molar-refractivity contribution is 5.40. The molecule has 2 rings (SSSR count). The molecule has 1 aliphatic rings. The average Bonchev–Trinajstić information content (AvgIpc) is 2.39. The van der Waals surface area contributed by atoms with E-state index < -0.39 is 0 Å². The van der Waals surface area contributed by atoms with Gasteiger partial charge in [-0.15, -0.1) is 0 Å². The Labute approximate surface area is 117 Å². The summed E-state index contributed by atoms with van der Waals surface area (Å²) in [4.78, 5) is 0. The summed E-state index contributed by atoms with van der Waals surface area (Å²) >= 11 is 0. The molecule has 1 saturated heterocycles. The molecule has 0 aliphatic carbocycles. The highest BCUT2D eigenvalue weighted by Crippen LogP contribution is 2.30. The SMILES string of the molecule is COc1ccc(C(C)(C)C)cc1CC1CCCNC1. The summed E-state index contributed by atoms with van der Waals surface area (Å²) in [5, 5.41) is 3.50. The fraction of sp³-hybridized carbons (Fsp3) is 0.647. The standard InChI is InChI=1S/C17H27NO/c1-17(2,3)15-7-8-16(19-4)14(11-15)10-13-6-5-9-18-12-13/h7-8,11,13,18H,5-6,9-10,12H2,1-4H3. The minimum Gasteiger partial charge on any atom is -0.496 e. The zero-order chi connectivity index (χ0) is 13.9. The minimum atomic E-state index is 0.200. The first-order chi connectivity index (χ1) is 9.00. The molecule has 2 nitrogen and oxygen atoms in total. The van der Waals surface area contributed by atoms with Gasteiger partial charge >= 0.3 is 0 Å². The second-order valence-corrected chi connectivity index (χ2v) is 6.69.